The highest BCUT2D eigenvalue weighted by atomic mass is 16.5. The Morgan fingerprint density at radius 1 is 1.00 bits per heavy atom. The number of ether oxygens (including phenoxy) is 1. The highest BCUT2D eigenvalue weighted by Crippen LogP contribution is 2.30. The van der Waals surface area contributed by atoms with Crippen molar-refractivity contribution in [2.24, 2.45) is 0 Å². The van der Waals surface area contributed by atoms with Crippen LogP contribution in [0.2, 0.25) is 0 Å². The van der Waals surface area contributed by atoms with E-state index in [1.54, 1.807) is 7.11 Å². The van der Waals surface area contributed by atoms with Gasteiger partial charge in [0.05, 0.1) is 7.11 Å². The molecule has 0 atom stereocenters. The van der Waals surface area contributed by atoms with E-state index in [-0.39, 0.29) is 0 Å². The van der Waals surface area contributed by atoms with E-state index in [4.69, 9.17) is 4.74 Å². The molecule has 0 heterocycles. The Morgan fingerprint density at radius 3 is 2.25 bits per heavy atom. The summed E-state index contributed by atoms with van der Waals surface area (Å²) >= 11 is 0. The Kier molecular flexibility index (Phi) is 4.50. The molecule has 2 fully saturated rings. The number of hydrogen-bond acceptors (Lipinski definition) is 1. The lowest BCUT2D eigenvalue weighted by atomic mass is 10.0. The summed E-state index contributed by atoms with van der Waals surface area (Å²) in [6.07, 6.45) is 22.3. The second-order valence-corrected chi connectivity index (χ2v) is 3.49. The molecule has 1 heteroatoms. The molecule has 0 aromatic rings. The van der Waals surface area contributed by atoms with Crippen LogP contribution in [-0.2, 0) is 4.74 Å². The van der Waals surface area contributed by atoms with E-state index in [9.17, 15) is 0 Å². The molecule has 2 aliphatic carbocycles. The minimum absolute atomic E-state index is 0.882. The summed E-state index contributed by atoms with van der Waals surface area (Å²) in [7, 11) is 1.69. The van der Waals surface area contributed by atoms with Crippen molar-refractivity contribution < 1.29 is 4.74 Å². The van der Waals surface area contributed by atoms with E-state index in [0.717, 1.165) is 11.7 Å². The molecular weight excluding hydrogens is 196 g/mol. The van der Waals surface area contributed by atoms with Gasteiger partial charge in [0.1, 0.15) is 5.76 Å². The van der Waals surface area contributed by atoms with E-state index in [1.165, 1.54) is 5.92 Å². The van der Waals surface area contributed by atoms with Crippen LogP contribution >= 0.6 is 0 Å². The second kappa shape index (κ2) is 6.12. The zero-order chi connectivity index (χ0) is 11.2. The normalized spacial score (nSPS) is 24.7. The van der Waals surface area contributed by atoms with Crippen molar-refractivity contribution in [3.8, 4) is 0 Å². The average Bonchev–Trinajstić information content (AvgIpc) is 2.96. The molecule has 2 rings (SSSR count). The van der Waals surface area contributed by atoms with Gasteiger partial charge >= 0.3 is 0 Å². The fourth-order valence-corrected chi connectivity index (χ4v) is 1.57. The summed E-state index contributed by atoms with van der Waals surface area (Å²) in [5.74, 6) is 3.19. The molecule has 10 radical (unpaired) electrons. The standard InChI is InChI=1S/C15H14O/c1-16-15(14-10-4-5-11-14)12-6-9-13-7-2-3-8-13/h2-12H,1H3/b9-6-,15-12+. The Balaban J connectivity index is 1.86. The Bertz CT molecular complexity index is 253. The number of methoxy groups -OCH3 is 1. The van der Waals surface area contributed by atoms with Gasteiger partial charge in [0, 0.05) is 11.8 Å². The summed E-state index contributed by atoms with van der Waals surface area (Å²) in [5.41, 5.74) is 0. The lowest BCUT2D eigenvalue weighted by Crippen LogP contribution is -1.99. The maximum Gasteiger partial charge on any atom is 0.103 e. The van der Waals surface area contributed by atoms with Gasteiger partial charge in [-0.3, -0.25) is 0 Å². The van der Waals surface area contributed by atoms with Gasteiger partial charge in [-0.15, -0.1) is 0 Å². The largest absolute Gasteiger partial charge is 0.500 e. The maximum absolute atomic E-state index is 5.32. The van der Waals surface area contributed by atoms with Crippen LogP contribution in [0.4, 0.5) is 0 Å². The van der Waals surface area contributed by atoms with Gasteiger partial charge in [0.2, 0.25) is 0 Å². The van der Waals surface area contributed by atoms with Crippen LogP contribution < -0.4 is 0 Å². The Morgan fingerprint density at radius 2 is 1.62 bits per heavy atom. The minimum Gasteiger partial charge on any atom is -0.500 e. The number of allylic oxidation sites excluding steroid dienone is 4. The molecule has 0 spiro atoms. The van der Waals surface area contributed by atoms with Crippen molar-refractivity contribution in [2.45, 2.75) is 0 Å². The molecule has 80 valence electrons. The van der Waals surface area contributed by atoms with Crippen LogP contribution in [0.25, 0.3) is 0 Å². The molecule has 1 nitrogen and oxygen atoms in total. The van der Waals surface area contributed by atoms with Gasteiger partial charge in [0.15, 0.2) is 0 Å². The van der Waals surface area contributed by atoms with E-state index >= 15 is 0 Å². The topological polar surface area (TPSA) is 9.23 Å². The second-order valence-electron chi connectivity index (χ2n) is 3.49. The quantitative estimate of drug-likeness (QED) is 0.512. The van der Waals surface area contributed by atoms with Crippen molar-refractivity contribution >= 4 is 0 Å². The highest BCUT2D eigenvalue weighted by molar-refractivity contribution is 5.47. The predicted molar refractivity (Wildman–Crippen MR) is 65.1 cm³/mol. The lowest BCUT2D eigenvalue weighted by molar-refractivity contribution is 0.293. The third kappa shape index (κ3) is 3.13. The smallest absolute Gasteiger partial charge is 0.103 e. The van der Waals surface area contributed by atoms with Crippen molar-refractivity contribution in [2.75, 3.05) is 7.11 Å². The first-order valence-corrected chi connectivity index (χ1v) is 5.26. The summed E-state index contributed by atoms with van der Waals surface area (Å²) < 4.78 is 5.32. The molecule has 0 N–H and O–H groups in total. The highest BCUT2D eigenvalue weighted by Gasteiger charge is 2.21. The first-order valence-electron chi connectivity index (χ1n) is 5.26. The summed E-state index contributed by atoms with van der Waals surface area (Å²) in [6.45, 7) is 0. The van der Waals surface area contributed by atoms with Gasteiger partial charge < -0.3 is 4.74 Å². The average molecular weight is 210 g/mol. The van der Waals surface area contributed by atoms with Gasteiger partial charge in [-0.1, -0.05) is 12.2 Å². The molecule has 0 aliphatic heterocycles. The van der Waals surface area contributed by atoms with E-state index in [0.29, 0.717) is 0 Å². The molecule has 0 unspecified atom stereocenters. The Labute approximate surface area is 99.6 Å². The number of rotatable bonds is 4. The summed E-state index contributed by atoms with van der Waals surface area (Å²) in [5, 5.41) is 0. The van der Waals surface area contributed by atoms with Gasteiger partial charge in [-0.05, 0) is 57.4 Å². The SMILES string of the molecule is CO/C(=C/C=C\[C]1[CH][CH][CH][CH]1)[C]1[CH][CH][CH][CH]1. The third-order valence-electron chi connectivity index (χ3n) is 2.39. The van der Waals surface area contributed by atoms with Crippen LogP contribution in [0.1, 0.15) is 0 Å². The predicted octanol–water partition coefficient (Wildman–Crippen LogP) is 2.88. The first-order chi connectivity index (χ1) is 7.90. The molecule has 2 saturated carbocycles. The molecule has 2 aliphatic rings. The van der Waals surface area contributed by atoms with Gasteiger partial charge in [-0.25, -0.2) is 0 Å². The van der Waals surface area contributed by atoms with Crippen LogP contribution in [0.5, 0.6) is 0 Å². The zero-order valence-corrected chi connectivity index (χ0v) is 9.26. The Hall–Kier alpha value is -0.720. The van der Waals surface area contributed by atoms with E-state index in [2.05, 4.69) is 18.9 Å². The van der Waals surface area contributed by atoms with E-state index in [1.807, 2.05) is 50.7 Å². The lowest BCUT2D eigenvalue weighted by Gasteiger charge is -2.10. The van der Waals surface area contributed by atoms with Crippen molar-refractivity contribution in [3.63, 3.8) is 0 Å². The van der Waals surface area contributed by atoms with Crippen molar-refractivity contribution in [3.05, 3.63) is 87.2 Å². The van der Waals surface area contributed by atoms with Crippen LogP contribution in [0.3, 0.4) is 0 Å². The minimum atomic E-state index is 0.882. The van der Waals surface area contributed by atoms with Crippen LogP contribution in [-0.4, -0.2) is 7.11 Å². The van der Waals surface area contributed by atoms with Crippen molar-refractivity contribution in [1.29, 1.82) is 0 Å². The first kappa shape index (κ1) is 11.8. The fraction of sp³-hybridized carbons (Fsp3) is 0.0667. The van der Waals surface area contributed by atoms with E-state index < -0.39 is 0 Å². The monoisotopic (exact) mass is 210 g/mol. The molecule has 0 amide bonds. The molecule has 16 heavy (non-hydrogen) atoms. The van der Waals surface area contributed by atoms with Gasteiger partial charge in [0.25, 0.3) is 0 Å². The third-order valence-corrected chi connectivity index (χ3v) is 2.39. The van der Waals surface area contributed by atoms with Crippen LogP contribution in [0, 0.1) is 63.2 Å². The maximum atomic E-state index is 5.32. The molecule has 0 bridgehead atoms. The molecular formula is C15H14O. The molecule has 0 saturated heterocycles. The number of hydrogen-bond donors (Lipinski definition) is 0. The van der Waals surface area contributed by atoms with Gasteiger partial charge in [-0.2, -0.15) is 0 Å². The zero-order valence-electron chi connectivity index (χ0n) is 9.26. The summed E-state index contributed by atoms with van der Waals surface area (Å²) in [6, 6.07) is 0. The van der Waals surface area contributed by atoms with Crippen molar-refractivity contribution in [1.82, 2.24) is 0 Å². The molecule has 0 aromatic heterocycles. The fourth-order valence-electron chi connectivity index (χ4n) is 1.57. The molecule has 0 aromatic carbocycles. The van der Waals surface area contributed by atoms with Crippen LogP contribution in [0.15, 0.2) is 24.0 Å². The summed E-state index contributed by atoms with van der Waals surface area (Å²) in [4.78, 5) is 0.